The van der Waals surface area contributed by atoms with Crippen LogP contribution in [0.15, 0.2) is 23.1 Å². The number of nitrogens with two attached hydrogens (primary N) is 1. The van der Waals surface area contributed by atoms with Gasteiger partial charge in [0.2, 0.25) is 10.0 Å². The van der Waals surface area contributed by atoms with E-state index in [-0.39, 0.29) is 34.2 Å². The Labute approximate surface area is 118 Å². The Morgan fingerprint density at radius 1 is 1.42 bits per heavy atom. The van der Waals surface area contributed by atoms with E-state index in [1.54, 1.807) is 6.07 Å². The summed E-state index contributed by atoms with van der Waals surface area (Å²) in [5.41, 5.74) is 5.42. The predicted molar refractivity (Wildman–Crippen MR) is 76.5 cm³/mol. The molecule has 0 aliphatic rings. The molecule has 1 aromatic rings. The molecule has 0 aromatic heterocycles. The van der Waals surface area contributed by atoms with Gasteiger partial charge in [-0.15, -0.1) is 0 Å². The quantitative estimate of drug-likeness (QED) is 0.696. The van der Waals surface area contributed by atoms with Gasteiger partial charge in [0, 0.05) is 13.2 Å². The molecule has 0 amide bonds. The van der Waals surface area contributed by atoms with Gasteiger partial charge in [-0.05, 0) is 24.0 Å². The minimum Gasteiger partial charge on any atom is -0.398 e. The molecule has 1 rings (SSSR count). The fraction of sp³-hybridized carbons (Fsp3) is 0.500. The van der Waals surface area contributed by atoms with Crippen LogP contribution in [0.5, 0.6) is 0 Å². The molecular weight excluding hydrogens is 288 g/mol. The second-order valence-corrected chi connectivity index (χ2v) is 7.23. The maximum absolute atomic E-state index is 12.2. The normalized spacial score (nSPS) is 12.6. The van der Waals surface area contributed by atoms with Crippen molar-refractivity contribution < 1.29 is 13.5 Å². The monoisotopic (exact) mass is 306 g/mol. The summed E-state index contributed by atoms with van der Waals surface area (Å²) in [5, 5.41) is 9.01. The highest BCUT2D eigenvalue weighted by Gasteiger charge is 2.25. The summed E-state index contributed by atoms with van der Waals surface area (Å²) in [7, 11) is -3.76. The molecule has 0 heterocycles. The van der Waals surface area contributed by atoms with Crippen molar-refractivity contribution in [2.24, 2.45) is 5.41 Å². The second kappa shape index (κ2) is 6.09. The molecule has 0 saturated heterocycles. The Morgan fingerprint density at radius 2 is 2.05 bits per heavy atom. The number of nitrogen functional groups attached to an aromatic ring is 1. The van der Waals surface area contributed by atoms with Gasteiger partial charge in [0.15, 0.2) is 0 Å². The van der Waals surface area contributed by atoms with E-state index in [4.69, 9.17) is 22.4 Å². The molecule has 19 heavy (non-hydrogen) atoms. The zero-order valence-electron chi connectivity index (χ0n) is 11.0. The summed E-state index contributed by atoms with van der Waals surface area (Å²) in [5.74, 6) is 0. The topological polar surface area (TPSA) is 92.4 Å². The number of benzene rings is 1. The van der Waals surface area contributed by atoms with E-state index in [1.165, 1.54) is 12.1 Å². The van der Waals surface area contributed by atoms with Crippen LogP contribution >= 0.6 is 11.6 Å². The van der Waals surface area contributed by atoms with E-state index in [9.17, 15) is 8.42 Å². The summed E-state index contributed by atoms with van der Waals surface area (Å²) in [6.07, 6.45) is 0.494. The molecule has 0 spiro atoms. The van der Waals surface area contributed by atoms with Crippen LogP contribution in [-0.2, 0) is 10.0 Å². The first kappa shape index (κ1) is 16.2. The number of anilines is 1. The molecule has 0 unspecified atom stereocenters. The summed E-state index contributed by atoms with van der Waals surface area (Å²) in [6.45, 7) is 3.92. The van der Waals surface area contributed by atoms with E-state index >= 15 is 0 Å². The van der Waals surface area contributed by atoms with E-state index in [0.29, 0.717) is 6.42 Å². The zero-order valence-corrected chi connectivity index (χ0v) is 12.6. The number of sulfonamides is 1. The Morgan fingerprint density at radius 3 is 2.58 bits per heavy atom. The largest absolute Gasteiger partial charge is 0.398 e. The predicted octanol–water partition coefficient (Wildman–Crippen LogP) is 1.61. The number of hydrogen-bond donors (Lipinski definition) is 3. The van der Waals surface area contributed by atoms with Crippen molar-refractivity contribution in [2.75, 3.05) is 18.9 Å². The number of halogens is 1. The Bertz CT molecular complexity index is 524. The fourth-order valence-electron chi connectivity index (χ4n) is 1.56. The standard InChI is InChI=1S/C12H19ClN2O3S/c1-12(2,6-7-16)8-15-19(17,18)11-9(13)4-3-5-10(11)14/h3-5,15-16H,6-8,14H2,1-2H3. The average Bonchev–Trinajstić information content (AvgIpc) is 2.26. The highest BCUT2D eigenvalue weighted by molar-refractivity contribution is 7.89. The molecule has 0 radical (unpaired) electrons. The summed E-state index contributed by atoms with van der Waals surface area (Å²) in [6, 6.07) is 4.55. The lowest BCUT2D eigenvalue weighted by atomic mass is 9.90. The van der Waals surface area contributed by atoms with Crippen molar-refractivity contribution in [3.8, 4) is 0 Å². The van der Waals surface area contributed by atoms with Gasteiger partial charge in [-0.2, -0.15) is 0 Å². The van der Waals surface area contributed by atoms with E-state index in [0.717, 1.165) is 0 Å². The Hall–Kier alpha value is -0.820. The molecule has 0 bridgehead atoms. The number of nitrogens with one attached hydrogen (secondary N) is 1. The maximum atomic E-state index is 12.2. The molecule has 0 aliphatic heterocycles. The van der Waals surface area contributed by atoms with Crippen LogP contribution in [-0.4, -0.2) is 26.7 Å². The average molecular weight is 307 g/mol. The van der Waals surface area contributed by atoms with Gasteiger partial charge >= 0.3 is 0 Å². The fourth-order valence-corrected chi connectivity index (χ4v) is 3.48. The van der Waals surface area contributed by atoms with Crippen LogP contribution in [0.25, 0.3) is 0 Å². The third-order valence-electron chi connectivity index (χ3n) is 2.80. The summed E-state index contributed by atoms with van der Waals surface area (Å²) in [4.78, 5) is -0.100. The third-order valence-corrected chi connectivity index (χ3v) is 4.74. The molecule has 1 aromatic carbocycles. The van der Waals surface area contributed by atoms with E-state index in [1.807, 2.05) is 13.8 Å². The van der Waals surface area contributed by atoms with Crippen LogP contribution in [0.2, 0.25) is 5.02 Å². The lowest BCUT2D eigenvalue weighted by molar-refractivity contribution is 0.213. The molecule has 7 heteroatoms. The zero-order chi connectivity index (χ0) is 14.7. The van der Waals surface area contributed by atoms with Crippen molar-refractivity contribution in [1.82, 2.24) is 4.72 Å². The highest BCUT2D eigenvalue weighted by Crippen LogP contribution is 2.27. The van der Waals surface area contributed by atoms with E-state index < -0.39 is 10.0 Å². The van der Waals surface area contributed by atoms with Gasteiger partial charge in [-0.1, -0.05) is 31.5 Å². The summed E-state index contributed by atoms with van der Waals surface area (Å²) < 4.78 is 26.9. The SMILES string of the molecule is CC(C)(CCO)CNS(=O)(=O)c1c(N)cccc1Cl. The van der Waals surface area contributed by atoms with Gasteiger partial charge in [0.05, 0.1) is 10.7 Å². The van der Waals surface area contributed by atoms with Gasteiger partial charge in [-0.3, -0.25) is 0 Å². The van der Waals surface area contributed by atoms with Gasteiger partial charge in [0.1, 0.15) is 4.90 Å². The molecule has 5 nitrogen and oxygen atoms in total. The first-order valence-corrected chi connectivity index (χ1v) is 7.70. The summed E-state index contributed by atoms with van der Waals surface area (Å²) >= 11 is 5.89. The minimum absolute atomic E-state index is 0.00294. The van der Waals surface area contributed by atoms with Gasteiger partial charge in [-0.25, -0.2) is 13.1 Å². The maximum Gasteiger partial charge on any atom is 0.244 e. The molecular formula is C12H19ClN2O3S. The van der Waals surface area contributed by atoms with Crippen molar-refractivity contribution in [2.45, 2.75) is 25.2 Å². The van der Waals surface area contributed by atoms with Crippen molar-refractivity contribution >= 4 is 27.3 Å². The lowest BCUT2D eigenvalue weighted by Gasteiger charge is -2.24. The van der Waals surface area contributed by atoms with Crippen LogP contribution < -0.4 is 10.5 Å². The number of hydrogen-bond acceptors (Lipinski definition) is 4. The van der Waals surface area contributed by atoms with E-state index in [2.05, 4.69) is 4.72 Å². The third kappa shape index (κ3) is 4.35. The molecule has 0 fully saturated rings. The Balaban J connectivity index is 2.94. The smallest absolute Gasteiger partial charge is 0.244 e. The first-order valence-electron chi connectivity index (χ1n) is 5.84. The molecule has 0 atom stereocenters. The first-order chi connectivity index (χ1) is 8.69. The van der Waals surface area contributed by atoms with Crippen molar-refractivity contribution in [1.29, 1.82) is 0 Å². The van der Waals surface area contributed by atoms with Crippen molar-refractivity contribution in [3.05, 3.63) is 23.2 Å². The second-order valence-electron chi connectivity index (χ2n) is 5.12. The lowest BCUT2D eigenvalue weighted by Crippen LogP contribution is -2.35. The minimum atomic E-state index is -3.76. The van der Waals surface area contributed by atoms with Crippen LogP contribution in [0, 0.1) is 5.41 Å². The number of aliphatic hydroxyl groups excluding tert-OH is 1. The number of rotatable bonds is 6. The van der Waals surface area contributed by atoms with Crippen molar-refractivity contribution in [3.63, 3.8) is 0 Å². The van der Waals surface area contributed by atoms with Gasteiger partial charge < -0.3 is 10.8 Å². The highest BCUT2D eigenvalue weighted by atomic mass is 35.5. The van der Waals surface area contributed by atoms with Crippen LogP contribution in [0.3, 0.4) is 0 Å². The molecule has 108 valence electrons. The van der Waals surface area contributed by atoms with Gasteiger partial charge in [0.25, 0.3) is 0 Å². The van der Waals surface area contributed by atoms with Crippen LogP contribution in [0.4, 0.5) is 5.69 Å². The Kier molecular flexibility index (Phi) is 5.20. The van der Waals surface area contributed by atoms with Crippen LogP contribution in [0.1, 0.15) is 20.3 Å². The molecule has 4 N–H and O–H groups in total. The molecule has 0 saturated carbocycles. The molecule has 0 aliphatic carbocycles. The number of aliphatic hydroxyl groups is 1.